The van der Waals surface area contributed by atoms with Gasteiger partial charge < -0.3 is 9.47 Å². The van der Waals surface area contributed by atoms with Gasteiger partial charge in [-0.05, 0) is 36.8 Å². The number of nitrogens with one attached hydrogen (secondary N) is 1. The van der Waals surface area contributed by atoms with Crippen LogP contribution in [0.15, 0.2) is 48.0 Å². The lowest BCUT2D eigenvalue weighted by atomic mass is 10.1. The van der Waals surface area contributed by atoms with Crippen molar-refractivity contribution >= 4 is 29.3 Å². The van der Waals surface area contributed by atoms with Crippen LogP contribution in [0.1, 0.15) is 12.5 Å². The van der Waals surface area contributed by atoms with Crippen LogP contribution in [0.25, 0.3) is 6.08 Å². The molecule has 2 aromatic carbocycles. The van der Waals surface area contributed by atoms with Crippen LogP contribution in [0.3, 0.4) is 0 Å². The molecular formula is C20H16N4O6. The molecule has 2 amide bonds. The Morgan fingerprint density at radius 1 is 1.23 bits per heavy atom. The minimum Gasteiger partial charge on any atom is -0.490 e. The van der Waals surface area contributed by atoms with Crippen LogP contribution in [0.4, 0.5) is 11.4 Å². The molecule has 0 atom stereocenters. The van der Waals surface area contributed by atoms with Gasteiger partial charge in [-0.25, -0.2) is 5.01 Å². The molecule has 1 aliphatic rings. The highest BCUT2D eigenvalue weighted by Gasteiger charge is 2.34. The maximum atomic E-state index is 12.7. The average molecular weight is 408 g/mol. The van der Waals surface area contributed by atoms with E-state index in [1.54, 1.807) is 43.3 Å². The molecule has 1 heterocycles. The van der Waals surface area contributed by atoms with Gasteiger partial charge in [-0.3, -0.25) is 25.1 Å². The standard InChI is InChI=1S/C20H16N4O6/c1-2-29-17-12-13(11-16(24(27)28)18(17)30-9-8-21)10-15-19(25)22-23(20(15)26)14-6-4-3-5-7-14/h3-7,10-12H,2,9H2,1H3,(H,22,25). The van der Waals surface area contributed by atoms with E-state index in [-0.39, 0.29) is 29.2 Å². The zero-order valence-electron chi connectivity index (χ0n) is 15.8. The van der Waals surface area contributed by atoms with E-state index in [0.29, 0.717) is 5.69 Å². The number of amides is 2. The summed E-state index contributed by atoms with van der Waals surface area (Å²) in [6, 6.07) is 12.8. The lowest BCUT2D eigenvalue weighted by Gasteiger charge is -2.14. The summed E-state index contributed by atoms with van der Waals surface area (Å²) in [6.45, 7) is 1.45. The number of benzene rings is 2. The zero-order chi connectivity index (χ0) is 21.7. The molecule has 1 fully saturated rings. The molecule has 10 nitrogen and oxygen atoms in total. The number of rotatable bonds is 7. The molecule has 152 valence electrons. The summed E-state index contributed by atoms with van der Waals surface area (Å²) in [5.41, 5.74) is 2.48. The number of carbonyl (C=O) groups is 2. The predicted octanol–water partition coefficient (Wildman–Crippen LogP) is 2.36. The van der Waals surface area contributed by atoms with E-state index in [1.165, 1.54) is 12.1 Å². The summed E-state index contributed by atoms with van der Waals surface area (Å²) in [6.07, 6.45) is 1.24. The fraction of sp³-hybridized carbons (Fsp3) is 0.150. The van der Waals surface area contributed by atoms with Gasteiger partial charge in [0.25, 0.3) is 11.8 Å². The van der Waals surface area contributed by atoms with Crippen LogP contribution < -0.4 is 19.9 Å². The van der Waals surface area contributed by atoms with E-state index in [2.05, 4.69) is 5.43 Å². The molecule has 10 heteroatoms. The fourth-order valence-corrected chi connectivity index (χ4v) is 2.82. The fourth-order valence-electron chi connectivity index (χ4n) is 2.82. The summed E-state index contributed by atoms with van der Waals surface area (Å²) in [4.78, 5) is 35.9. The van der Waals surface area contributed by atoms with Gasteiger partial charge in [0.1, 0.15) is 11.6 Å². The summed E-state index contributed by atoms with van der Waals surface area (Å²) >= 11 is 0. The van der Waals surface area contributed by atoms with Crippen molar-refractivity contribution in [1.82, 2.24) is 5.43 Å². The molecule has 0 bridgehead atoms. The lowest BCUT2D eigenvalue weighted by Crippen LogP contribution is -2.35. The Balaban J connectivity index is 2.04. The van der Waals surface area contributed by atoms with Crippen LogP contribution in [0.2, 0.25) is 0 Å². The number of hydrazine groups is 1. The molecule has 0 saturated carbocycles. The van der Waals surface area contributed by atoms with E-state index < -0.39 is 29.0 Å². The van der Waals surface area contributed by atoms with Crippen molar-refractivity contribution in [3.63, 3.8) is 0 Å². The second-order valence-electron chi connectivity index (χ2n) is 5.98. The Kier molecular flexibility index (Phi) is 5.93. The minimum absolute atomic E-state index is 0.0274. The number of nitro groups is 1. The monoisotopic (exact) mass is 408 g/mol. The Labute approximate surface area is 171 Å². The third-order valence-corrected chi connectivity index (χ3v) is 4.05. The topological polar surface area (TPSA) is 135 Å². The molecule has 0 radical (unpaired) electrons. The number of nitro benzene ring substituents is 1. The van der Waals surface area contributed by atoms with Crippen LogP contribution in [-0.4, -0.2) is 30.0 Å². The third kappa shape index (κ3) is 4.05. The number of hydrogen-bond donors (Lipinski definition) is 1. The van der Waals surface area contributed by atoms with Gasteiger partial charge in [-0.15, -0.1) is 0 Å². The van der Waals surface area contributed by atoms with Crippen LogP contribution in [0, 0.1) is 21.4 Å². The first-order chi connectivity index (χ1) is 14.5. The number of para-hydroxylation sites is 1. The third-order valence-electron chi connectivity index (χ3n) is 4.05. The summed E-state index contributed by atoms with van der Waals surface area (Å²) in [5, 5.41) is 21.3. The Hall–Kier alpha value is -4.39. The van der Waals surface area contributed by atoms with Crippen molar-refractivity contribution in [2.75, 3.05) is 18.2 Å². The molecule has 0 aliphatic carbocycles. The minimum atomic E-state index is -0.690. The van der Waals surface area contributed by atoms with Gasteiger partial charge >= 0.3 is 5.69 Å². The van der Waals surface area contributed by atoms with Crippen molar-refractivity contribution < 1.29 is 24.0 Å². The smallest absolute Gasteiger partial charge is 0.315 e. The number of nitrogens with zero attached hydrogens (tertiary/aromatic N) is 3. The van der Waals surface area contributed by atoms with Crippen molar-refractivity contribution in [2.45, 2.75) is 6.92 Å². The van der Waals surface area contributed by atoms with E-state index in [1.807, 2.05) is 0 Å². The Bertz CT molecular complexity index is 1070. The van der Waals surface area contributed by atoms with Crippen molar-refractivity contribution in [3.05, 3.63) is 63.7 Å². The molecular weight excluding hydrogens is 392 g/mol. The second kappa shape index (κ2) is 8.74. The quantitative estimate of drug-likeness (QED) is 0.321. The number of anilines is 1. The van der Waals surface area contributed by atoms with Crippen LogP contribution in [-0.2, 0) is 9.59 Å². The van der Waals surface area contributed by atoms with Gasteiger partial charge in [0.2, 0.25) is 5.75 Å². The van der Waals surface area contributed by atoms with Crippen LogP contribution >= 0.6 is 0 Å². The van der Waals surface area contributed by atoms with E-state index in [0.717, 1.165) is 11.1 Å². The summed E-state index contributed by atoms with van der Waals surface area (Å²) in [7, 11) is 0. The van der Waals surface area contributed by atoms with Gasteiger partial charge in [0, 0.05) is 6.07 Å². The zero-order valence-corrected chi connectivity index (χ0v) is 15.8. The molecule has 1 N–H and O–H groups in total. The largest absolute Gasteiger partial charge is 0.490 e. The van der Waals surface area contributed by atoms with Gasteiger partial charge in [-0.2, -0.15) is 5.26 Å². The molecule has 3 rings (SSSR count). The number of carbonyl (C=O) groups excluding carboxylic acids is 2. The normalized spacial score (nSPS) is 14.4. The van der Waals surface area contributed by atoms with Crippen LogP contribution in [0.5, 0.6) is 11.5 Å². The van der Waals surface area contributed by atoms with E-state index in [4.69, 9.17) is 14.7 Å². The molecule has 0 unspecified atom stereocenters. The van der Waals surface area contributed by atoms with Crippen molar-refractivity contribution in [3.8, 4) is 17.6 Å². The highest BCUT2D eigenvalue weighted by molar-refractivity contribution is 6.31. The number of ether oxygens (including phenoxy) is 2. The maximum Gasteiger partial charge on any atom is 0.315 e. The average Bonchev–Trinajstić information content (AvgIpc) is 3.01. The molecule has 30 heavy (non-hydrogen) atoms. The number of nitriles is 1. The SMILES string of the molecule is CCOc1cc(C=C2C(=O)NN(c3ccccc3)C2=O)cc([N+](=O)[O-])c1OCC#N. The molecule has 1 saturated heterocycles. The highest BCUT2D eigenvalue weighted by atomic mass is 16.6. The number of hydrogen-bond acceptors (Lipinski definition) is 7. The van der Waals surface area contributed by atoms with E-state index >= 15 is 0 Å². The van der Waals surface area contributed by atoms with Gasteiger partial charge in [-0.1, -0.05) is 18.2 Å². The van der Waals surface area contributed by atoms with E-state index in [9.17, 15) is 19.7 Å². The Morgan fingerprint density at radius 3 is 2.60 bits per heavy atom. The first-order valence-corrected chi connectivity index (χ1v) is 8.83. The maximum absolute atomic E-state index is 12.7. The van der Waals surface area contributed by atoms with Gasteiger partial charge in [0.15, 0.2) is 12.4 Å². The van der Waals surface area contributed by atoms with Crippen molar-refractivity contribution in [2.24, 2.45) is 0 Å². The van der Waals surface area contributed by atoms with Crippen molar-refractivity contribution in [1.29, 1.82) is 5.26 Å². The molecule has 2 aromatic rings. The Morgan fingerprint density at radius 2 is 1.97 bits per heavy atom. The molecule has 0 aromatic heterocycles. The highest BCUT2D eigenvalue weighted by Crippen LogP contribution is 2.39. The first kappa shape index (κ1) is 20.3. The molecule has 0 spiro atoms. The summed E-state index contributed by atoms with van der Waals surface area (Å²) < 4.78 is 10.6. The predicted molar refractivity (Wildman–Crippen MR) is 105 cm³/mol. The first-order valence-electron chi connectivity index (χ1n) is 8.83. The molecule has 1 aliphatic heterocycles. The summed E-state index contributed by atoms with van der Waals surface area (Å²) in [5.74, 6) is -1.41. The van der Waals surface area contributed by atoms with Gasteiger partial charge in [0.05, 0.1) is 17.2 Å². The lowest BCUT2D eigenvalue weighted by molar-refractivity contribution is -0.385. The second-order valence-corrected chi connectivity index (χ2v) is 5.98.